The number of likely N-dealkylation sites (tertiary alicyclic amines) is 1. The standard InChI is InChI=1S/C13H22N4OS/c1-3-13(2)4-6-17(7-5-13)8-10-9-19-12(15-10)11(18)16-14/h9H,3-8,14H2,1-2H3,(H,16,18). The van der Waals surface area contributed by atoms with Crippen LogP contribution in [0.4, 0.5) is 0 Å². The van der Waals surface area contributed by atoms with Gasteiger partial charge in [0.1, 0.15) is 0 Å². The van der Waals surface area contributed by atoms with E-state index in [1.807, 2.05) is 5.38 Å². The number of hydrogen-bond donors (Lipinski definition) is 2. The summed E-state index contributed by atoms with van der Waals surface area (Å²) in [5.74, 6) is 4.79. The monoisotopic (exact) mass is 282 g/mol. The number of piperidine rings is 1. The number of nitrogen functional groups attached to an aromatic ring is 1. The molecule has 0 aromatic carbocycles. The molecule has 1 aromatic rings. The van der Waals surface area contributed by atoms with Gasteiger partial charge in [0.2, 0.25) is 0 Å². The van der Waals surface area contributed by atoms with Crippen LogP contribution in [0, 0.1) is 5.41 Å². The van der Waals surface area contributed by atoms with Crippen LogP contribution in [0.2, 0.25) is 0 Å². The molecule has 1 amide bonds. The predicted molar refractivity (Wildman–Crippen MR) is 76.7 cm³/mol. The Labute approximate surface area is 118 Å². The fraction of sp³-hybridized carbons (Fsp3) is 0.692. The van der Waals surface area contributed by atoms with Crippen LogP contribution in [0.1, 0.15) is 48.6 Å². The maximum Gasteiger partial charge on any atom is 0.294 e. The van der Waals surface area contributed by atoms with E-state index in [-0.39, 0.29) is 5.91 Å². The van der Waals surface area contributed by atoms with Gasteiger partial charge in [-0.15, -0.1) is 11.3 Å². The van der Waals surface area contributed by atoms with Gasteiger partial charge < -0.3 is 0 Å². The van der Waals surface area contributed by atoms with Crippen LogP contribution >= 0.6 is 11.3 Å². The molecule has 5 nitrogen and oxygen atoms in total. The molecule has 3 N–H and O–H groups in total. The number of carbonyl (C=O) groups excluding carboxylic acids is 1. The van der Waals surface area contributed by atoms with Crippen LogP contribution in [0.15, 0.2) is 5.38 Å². The minimum atomic E-state index is -0.312. The molecule has 2 rings (SSSR count). The largest absolute Gasteiger partial charge is 0.297 e. The number of carbonyl (C=O) groups is 1. The fourth-order valence-electron chi connectivity index (χ4n) is 2.38. The molecular weight excluding hydrogens is 260 g/mol. The summed E-state index contributed by atoms with van der Waals surface area (Å²) in [5.41, 5.74) is 3.58. The smallest absolute Gasteiger partial charge is 0.294 e. The van der Waals surface area contributed by atoms with Gasteiger partial charge in [-0.1, -0.05) is 20.3 Å². The van der Waals surface area contributed by atoms with E-state index in [2.05, 4.69) is 29.2 Å². The van der Waals surface area contributed by atoms with E-state index in [0.29, 0.717) is 10.4 Å². The predicted octanol–water partition coefficient (Wildman–Crippen LogP) is 1.76. The average Bonchev–Trinajstić information content (AvgIpc) is 2.89. The Morgan fingerprint density at radius 2 is 2.26 bits per heavy atom. The van der Waals surface area contributed by atoms with Crippen LogP contribution in [0.5, 0.6) is 0 Å². The van der Waals surface area contributed by atoms with Crippen molar-refractivity contribution < 1.29 is 4.79 Å². The van der Waals surface area contributed by atoms with E-state index >= 15 is 0 Å². The van der Waals surface area contributed by atoms with E-state index in [0.717, 1.165) is 25.3 Å². The Morgan fingerprint density at radius 1 is 1.58 bits per heavy atom. The highest BCUT2D eigenvalue weighted by Gasteiger charge is 2.28. The first-order chi connectivity index (χ1) is 9.06. The van der Waals surface area contributed by atoms with Crippen LogP contribution in [0.3, 0.4) is 0 Å². The first-order valence-corrected chi connectivity index (χ1v) is 7.62. The Morgan fingerprint density at radius 3 is 2.84 bits per heavy atom. The fourth-order valence-corrected chi connectivity index (χ4v) is 3.09. The number of hydrogen-bond acceptors (Lipinski definition) is 5. The molecule has 0 unspecified atom stereocenters. The van der Waals surface area contributed by atoms with Crippen molar-refractivity contribution in [1.82, 2.24) is 15.3 Å². The SMILES string of the molecule is CCC1(C)CCN(Cc2csc(C(=O)NN)n2)CC1. The van der Waals surface area contributed by atoms with Crippen LogP contribution in [0.25, 0.3) is 0 Å². The van der Waals surface area contributed by atoms with E-state index in [9.17, 15) is 4.79 Å². The maximum atomic E-state index is 11.3. The number of rotatable bonds is 4. The molecule has 1 aliphatic heterocycles. The zero-order valence-electron chi connectivity index (χ0n) is 11.6. The third-order valence-electron chi connectivity index (χ3n) is 4.18. The highest BCUT2D eigenvalue weighted by Crippen LogP contribution is 2.34. The first kappa shape index (κ1) is 14.4. The molecule has 106 valence electrons. The van der Waals surface area contributed by atoms with Gasteiger partial charge in [-0.25, -0.2) is 10.8 Å². The highest BCUT2D eigenvalue weighted by molar-refractivity contribution is 7.11. The minimum absolute atomic E-state index is 0.312. The molecule has 0 atom stereocenters. The van der Waals surface area contributed by atoms with Crippen molar-refractivity contribution in [3.8, 4) is 0 Å². The minimum Gasteiger partial charge on any atom is -0.297 e. The van der Waals surface area contributed by atoms with E-state index < -0.39 is 0 Å². The summed E-state index contributed by atoms with van der Waals surface area (Å²) < 4.78 is 0. The number of aromatic nitrogens is 1. The van der Waals surface area contributed by atoms with Gasteiger partial charge in [-0.2, -0.15) is 0 Å². The molecule has 1 saturated heterocycles. The van der Waals surface area contributed by atoms with Gasteiger partial charge >= 0.3 is 0 Å². The van der Waals surface area contributed by atoms with Crippen molar-refractivity contribution in [3.05, 3.63) is 16.1 Å². The third-order valence-corrected chi connectivity index (χ3v) is 5.07. The summed E-state index contributed by atoms with van der Waals surface area (Å²) in [6, 6.07) is 0. The van der Waals surface area contributed by atoms with Crippen molar-refractivity contribution in [2.75, 3.05) is 13.1 Å². The number of nitrogens with zero attached hydrogens (tertiary/aromatic N) is 2. The molecule has 1 aromatic heterocycles. The molecule has 1 aliphatic rings. The van der Waals surface area contributed by atoms with Crippen molar-refractivity contribution in [3.63, 3.8) is 0 Å². The molecule has 1 fully saturated rings. The maximum absolute atomic E-state index is 11.3. The second-order valence-electron chi connectivity index (χ2n) is 5.56. The van der Waals surface area contributed by atoms with E-state index in [4.69, 9.17) is 5.84 Å². The average molecular weight is 282 g/mol. The summed E-state index contributed by atoms with van der Waals surface area (Å²) in [6.45, 7) is 7.69. The number of amides is 1. The van der Waals surface area contributed by atoms with Gasteiger partial charge in [0.15, 0.2) is 5.01 Å². The zero-order valence-corrected chi connectivity index (χ0v) is 12.4. The summed E-state index contributed by atoms with van der Waals surface area (Å²) in [5, 5.41) is 2.38. The Kier molecular flexibility index (Phi) is 4.54. The molecular formula is C13H22N4OS. The van der Waals surface area contributed by atoms with Gasteiger partial charge in [-0.3, -0.25) is 15.1 Å². The molecule has 2 heterocycles. The first-order valence-electron chi connectivity index (χ1n) is 6.74. The van der Waals surface area contributed by atoms with Crippen LogP contribution in [-0.4, -0.2) is 28.9 Å². The summed E-state index contributed by atoms with van der Waals surface area (Å²) in [7, 11) is 0. The normalized spacial score (nSPS) is 19.3. The van der Waals surface area contributed by atoms with E-state index in [1.165, 1.54) is 30.6 Å². The summed E-state index contributed by atoms with van der Waals surface area (Å²) in [4.78, 5) is 18.1. The molecule has 0 saturated carbocycles. The zero-order chi connectivity index (χ0) is 13.9. The lowest BCUT2D eigenvalue weighted by Crippen LogP contribution is -2.38. The van der Waals surface area contributed by atoms with Crippen molar-refractivity contribution >= 4 is 17.2 Å². The summed E-state index contributed by atoms with van der Waals surface area (Å²) in [6.07, 6.45) is 3.73. The van der Waals surface area contributed by atoms with E-state index in [1.54, 1.807) is 0 Å². The molecule has 0 aliphatic carbocycles. The lowest BCUT2D eigenvalue weighted by molar-refractivity contribution is 0.0952. The highest BCUT2D eigenvalue weighted by atomic mass is 32.1. The van der Waals surface area contributed by atoms with Crippen molar-refractivity contribution in [1.29, 1.82) is 0 Å². The Balaban J connectivity index is 1.89. The second-order valence-corrected chi connectivity index (χ2v) is 6.42. The van der Waals surface area contributed by atoms with Crippen LogP contribution in [-0.2, 0) is 6.54 Å². The molecule has 0 bridgehead atoms. The third kappa shape index (κ3) is 3.52. The molecule has 19 heavy (non-hydrogen) atoms. The molecule has 0 radical (unpaired) electrons. The van der Waals surface area contributed by atoms with Gasteiger partial charge in [-0.05, 0) is 31.3 Å². The Hall–Kier alpha value is -0.980. The quantitative estimate of drug-likeness (QED) is 0.501. The topological polar surface area (TPSA) is 71.2 Å². The second kappa shape index (κ2) is 5.98. The number of nitrogens with two attached hydrogens (primary N) is 1. The summed E-state index contributed by atoms with van der Waals surface area (Å²) >= 11 is 1.35. The van der Waals surface area contributed by atoms with Gasteiger partial charge in [0, 0.05) is 11.9 Å². The number of thiazole rings is 1. The van der Waals surface area contributed by atoms with Crippen molar-refractivity contribution in [2.24, 2.45) is 11.3 Å². The number of nitrogens with one attached hydrogen (secondary N) is 1. The van der Waals surface area contributed by atoms with Gasteiger partial charge in [0.25, 0.3) is 5.91 Å². The van der Waals surface area contributed by atoms with Gasteiger partial charge in [0.05, 0.1) is 5.69 Å². The molecule has 0 spiro atoms. The Bertz CT molecular complexity index is 438. The molecule has 6 heteroatoms. The van der Waals surface area contributed by atoms with Crippen molar-refractivity contribution in [2.45, 2.75) is 39.7 Å². The lowest BCUT2D eigenvalue weighted by atomic mass is 9.78. The lowest BCUT2D eigenvalue weighted by Gasteiger charge is -2.38. The number of hydrazine groups is 1. The van der Waals surface area contributed by atoms with Crippen LogP contribution < -0.4 is 11.3 Å².